The first-order chi connectivity index (χ1) is 6.25. The second kappa shape index (κ2) is 3.50. The molecular formula is C10H17N3. The summed E-state index contributed by atoms with van der Waals surface area (Å²) in [6.45, 7) is 2.42. The quantitative estimate of drug-likeness (QED) is 0.646. The Morgan fingerprint density at radius 2 is 2.00 bits per heavy atom. The van der Waals surface area contributed by atoms with Gasteiger partial charge in [0.25, 0.3) is 0 Å². The normalized spacial score (nSPS) is 20.8. The minimum atomic E-state index is 0.692. The summed E-state index contributed by atoms with van der Waals surface area (Å²) in [6, 6.07) is 0. The average molecular weight is 179 g/mol. The van der Waals surface area contributed by atoms with Crippen molar-refractivity contribution in [1.29, 1.82) is 0 Å². The summed E-state index contributed by atoms with van der Waals surface area (Å²) in [4.78, 5) is 6.80. The van der Waals surface area contributed by atoms with Crippen molar-refractivity contribution >= 4 is 0 Å². The summed E-state index contributed by atoms with van der Waals surface area (Å²) in [5, 5.41) is 0. The molecule has 1 aromatic rings. The number of nitrogens with zero attached hydrogens (tertiary/aromatic N) is 3. The number of aryl methyl sites for hydroxylation is 1. The predicted molar refractivity (Wildman–Crippen MR) is 52.7 cm³/mol. The Balaban J connectivity index is 2.02. The Hall–Kier alpha value is -0.830. The van der Waals surface area contributed by atoms with Crippen LogP contribution < -0.4 is 0 Å². The topological polar surface area (TPSA) is 21.1 Å². The van der Waals surface area contributed by atoms with Gasteiger partial charge in [0.2, 0.25) is 0 Å². The lowest BCUT2D eigenvalue weighted by atomic mass is 9.94. The number of rotatable bonds is 1. The van der Waals surface area contributed by atoms with Crippen LogP contribution in [0.15, 0.2) is 12.5 Å². The lowest BCUT2D eigenvalue weighted by molar-refractivity contribution is 0.253. The van der Waals surface area contributed by atoms with Crippen LogP contribution in [0.25, 0.3) is 0 Å². The van der Waals surface area contributed by atoms with Crippen LogP contribution in [-0.4, -0.2) is 34.6 Å². The molecule has 1 aromatic heterocycles. The minimum Gasteiger partial charge on any atom is -0.340 e. The smallest absolute Gasteiger partial charge is 0.0946 e. The highest BCUT2D eigenvalue weighted by atomic mass is 15.1. The van der Waals surface area contributed by atoms with Crippen LogP contribution in [0, 0.1) is 0 Å². The number of imidazole rings is 1. The van der Waals surface area contributed by atoms with Crippen LogP contribution in [0.5, 0.6) is 0 Å². The highest BCUT2D eigenvalue weighted by Gasteiger charge is 2.19. The number of likely N-dealkylation sites (tertiary alicyclic amines) is 1. The molecule has 0 spiro atoms. The lowest BCUT2D eigenvalue weighted by Crippen LogP contribution is -2.29. The standard InChI is InChI=1S/C10H17N3/c1-12-5-3-9(4-6-12)10-7-13(2)8-11-10/h7-9H,3-6H2,1-2H3. The minimum absolute atomic E-state index is 0.692. The molecule has 1 saturated heterocycles. The third-order valence-electron chi connectivity index (χ3n) is 2.86. The number of piperidine rings is 1. The van der Waals surface area contributed by atoms with Gasteiger partial charge >= 0.3 is 0 Å². The van der Waals surface area contributed by atoms with Crippen molar-refractivity contribution in [2.24, 2.45) is 7.05 Å². The summed E-state index contributed by atoms with van der Waals surface area (Å²) in [7, 11) is 4.22. The third-order valence-corrected chi connectivity index (χ3v) is 2.86. The van der Waals surface area contributed by atoms with E-state index in [1.165, 1.54) is 31.6 Å². The maximum Gasteiger partial charge on any atom is 0.0946 e. The zero-order valence-electron chi connectivity index (χ0n) is 8.40. The fourth-order valence-electron chi connectivity index (χ4n) is 1.95. The maximum atomic E-state index is 4.41. The van der Waals surface area contributed by atoms with Gasteiger partial charge < -0.3 is 9.47 Å². The van der Waals surface area contributed by atoms with Gasteiger partial charge in [-0.3, -0.25) is 0 Å². The zero-order chi connectivity index (χ0) is 9.26. The molecule has 72 valence electrons. The lowest BCUT2D eigenvalue weighted by Gasteiger charge is -2.27. The number of hydrogen-bond donors (Lipinski definition) is 0. The van der Waals surface area contributed by atoms with E-state index in [-0.39, 0.29) is 0 Å². The largest absolute Gasteiger partial charge is 0.340 e. The Kier molecular flexibility index (Phi) is 2.36. The molecule has 0 bridgehead atoms. The number of hydrogen-bond acceptors (Lipinski definition) is 2. The first-order valence-electron chi connectivity index (χ1n) is 4.92. The molecule has 3 nitrogen and oxygen atoms in total. The van der Waals surface area contributed by atoms with Crippen molar-refractivity contribution in [3.8, 4) is 0 Å². The van der Waals surface area contributed by atoms with Crippen LogP contribution in [0.1, 0.15) is 24.5 Å². The van der Waals surface area contributed by atoms with Crippen LogP contribution in [0.2, 0.25) is 0 Å². The van der Waals surface area contributed by atoms with Crippen molar-refractivity contribution in [2.45, 2.75) is 18.8 Å². The summed E-state index contributed by atoms with van der Waals surface area (Å²) >= 11 is 0. The Labute approximate surface area is 79.4 Å². The second-order valence-electron chi connectivity index (χ2n) is 4.04. The van der Waals surface area contributed by atoms with Crippen LogP contribution in [0.4, 0.5) is 0 Å². The molecule has 2 rings (SSSR count). The summed E-state index contributed by atoms with van der Waals surface area (Å²) in [5.41, 5.74) is 1.27. The molecule has 0 unspecified atom stereocenters. The molecule has 0 N–H and O–H groups in total. The van der Waals surface area contributed by atoms with E-state index in [9.17, 15) is 0 Å². The van der Waals surface area contributed by atoms with E-state index in [0.29, 0.717) is 5.92 Å². The fraction of sp³-hybridized carbons (Fsp3) is 0.700. The maximum absolute atomic E-state index is 4.41. The highest BCUT2D eigenvalue weighted by molar-refractivity contribution is 5.05. The van der Waals surface area contributed by atoms with E-state index in [2.05, 4.69) is 23.1 Å². The second-order valence-corrected chi connectivity index (χ2v) is 4.04. The van der Waals surface area contributed by atoms with Crippen molar-refractivity contribution in [2.75, 3.05) is 20.1 Å². The molecule has 1 aliphatic rings. The summed E-state index contributed by atoms with van der Waals surface area (Å²) in [6.07, 6.45) is 6.56. The SMILES string of the molecule is CN1CCC(c2cn(C)cn2)CC1. The van der Waals surface area contributed by atoms with E-state index in [1.54, 1.807) is 0 Å². The van der Waals surface area contributed by atoms with E-state index >= 15 is 0 Å². The Morgan fingerprint density at radius 1 is 1.31 bits per heavy atom. The van der Waals surface area contributed by atoms with Crippen LogP contribution in [-0.2, 0) is 7.05 Å². The molecule has 3 heteroatoms. The van der Waals surface area contributed by atoms with E-state index in [4.69, 9.17) is 0 Å². The zero-order valence-corrected chi connectivity index (χ0v) is 8.40. The van der Waals surface area contributed by atoms with E-state index < -0.39 is 0 Å². The van der Waals surface area contributed by atoms with E-state index in [1.807, 2.05) is 17.9 Å². The molecular weight excluding hydrogens is 162 g/mol. The summed E-state index contributed by atoms with van der Waals surface area (Å²) < 4.78 is 2.04. The molecule has 0 aliphatic carbocycles. The molecule has 0 saturated carbocycles. The highest BCUT2D eigenvalue weighted by Crippen LogP contribution is 2.25. The molecule has 0 amide bonds. The number of aromatic nitrogens is 2. The van der Waals surface area contributed by atoms with Crippen molar-refractivity contribution in [3.63, 3.8) is 0 Å². The third kappa shape index (κ3) is 1.91. The van der Waals surface area contributed by atoms with Crippen LogP contribution >= 0.6 is 0 Å². The monoisotopic (exact) mass is 179 g/mol. The molecule has 2 heterocycles. The summed E-state index contributed by atoms with van der Waals surface area (Å²) in [5.74, 6) is 0.692. The van der Waals surface area contributed by atoms with Gasteiger partial charge in [-0.1, -0.05) is 0 Å². The van der Waals surface area contributed by atoms with Crippen LogP contribution in [0.3, 0.4) is 0 Å². The van der Waals surface area contributed by atoms with Gasteiger partial charge in [0.15, 0.2) is 0 Å². The average Bonchev–Trinajstić information content (AvgIpc) is 2.53. The van der Waals surface area contributed by atoms with Gasteiger partial charge in [-0.05, 0) is 33.0 Å². The van der Waals surface area contributed by atoms with Gasteiger partial charge in [0.1, 0.15) is 0 Å². The van der Waals surface area contributed by atoms with Crippen molar-refractivity contribution in [1.82, 2.24) is 14.5 Å². The fourth-order valence-corrected chi connectivity index (χ4v) is 1.95. The van der Waals surface area contributed by atoms with Gasteiger partial charge in [-0.15, -0.1) is 0 Å². The molecule has 1 aliphatic heterocycles. The van der Waals surface area contributed by atoms with Crippen molar-refractivity contribution in [3.05, 3.63) is 18.2 Å². The first kappa shape index (κ1) is 8.75. The predicted octanol–water partition coefficient (Wildman–Crippen LogP) is 1.23. The molecule has 1 fully saturated rings. The van der Waals surface area contributed by atoms with Gasteiger partial charge in [-0.2, -0.15) is 0 Å². The first-order valence-corrected chi connectivity index (χ1v) is 4.92. The Bertz CT molecular complexity index is 271. The Morgan fingerprint density at radius 3 is 2.54 bits per heavy atom. The molecule has 13 heavy (non-hydrogen) atoms. The van der Waals surface area contributed by atoms with E-state index in [0.717, 1.165) is 0 Å². The molecule has 0 atom stereocenters. The molecule has 0 radical (unpaired) electrons. The van der Waals surface area contributed by atoms with Gasteiger partial charge in [-0.25, -0.2) is 4.98 Å². The van der Waals surface area contributed by atoms with Gasteiger partial charge in [0.05, 0.1) is 12.0 Å². The molecule has 0 aromatic carbocycles. The van der Waals surface area contributed by atoms with Crippen molar-refractivity contribution < 1.29 is 0 Å². The van der Waals surface area contributed by atoms with Gasteiger partial charge in [0, 0.05) is 19.2 Å².